The van der Waals surface area contributed by atoms with E-state index in [0.717, 1.165) is 30.8 Å². The van der Waals surface area contributed by atoms with Crippen LogP contribution in [0, 0.1) is 5.92 Å². The van der Waals surface area contributed by atoms with Crippen LogP contribution < -0.4 is 0 Å². The fourth-order valence-corrected chi connectivity index (χ4v) is 1.25. The Morgan fingerprint density at radius 1 is 1.46 bits per heavy atom. The van der Waals surface area contributed by atoms with E-state index in [0.29, 0.717) is 6.61 Å². The van der Waals surface area contributed by atoms with Gasteiger partial charge in [0.05, 0.1) is 0 Å². The molecule has 0 rings (SSSR count). The maximum Gasteiger partial charge on any atom is 0.0431 e. The Hall–Kier alpha value is -0.560. The Kier molecular flexibility index (Phi) is 7.71. The monoisotopic (exact) mass is 182 g/mol. The van der Waals surface area contributed by atoms with E-state index in [1.165, 1.54) is 6.42 Å². The molecule has 1 heteroatoms. The molecule has 1 N–H and O–H groups in total. The van der Waals surface area contributed by atoms with Gasteiger partial charge in [0, 0.05) is 6.61 Å². The smallest absolute Gasteiger partial charge is 0.0431 e. The van der Waals surface area contributed by atoms with Gasteiger partial charge in [-0.05, 0) is 38.5 Å². The lowest BCUT2D eigenvalue weighted by molar-refractivity contribution is 0.272. The zero-order valence-corrected chi connectivity index (χ0v) is 8.92. The molecule has 0 saturated heterocycles. The fourth-order valence-electron chi connectivity index (χ4n) is 1.25. The molecule has 0 aliphatic carbocycles. The zero-order chi connectivity index (χ0) is 10.1. The van der Waals surface area contributed by atoms with Gasteiger partial charge >= 0.3 is 0 Å². The topological polar surface area (TPSA) is 20.2 Å². The SMILES string of the molecule is C=C(C)C=CCCC(C)CCCO. The van der Waals surface area contributed by atoms with Crippen molar-refractivity contribution in [2.45, 2.75) is 39.5 Å². The second-order valence-corrected chi connectivity index (χ2v) is 3.80. The summed E-state index contributed by atoms with van der Waals surface area (Å²) in [6, 6.07) is 0. The van der Waals surface area contributed by atoms with Crippen molar-refractivity contribution in [3.05, 3.63) is 24.3 Å². The van der Waals surface area contributed by atoms with Crippen LogP contribution in [0.5, 0.6) is 0 Å². The predicted molar refractivity (Wildman–Crippen MR) is 58.7 cm³/mol. The molecule has 0 radical (unpaired) electrons. The van der Waals surface area contributed by atoms with E-state index in [2.05, 4.69) is 25.7 Å². The highest BCUT2D eigenvalue weighted by atomic mass is 16.2. The zero-order valence-electron chi connectivity index (χ0n) is 8.92. The van der Waals surface area contributed by atoms with E-state index in [9.17, 15) is 0 Å². The number of hydrogen-bond donors (Lipinski definition) is 1. The third kappa shape index (κ3) is 9.35. The molecular weight excluding hydrogens is 160 g/mol. The van der Waals surface area contributed by atoms with Crippen molar-refractivity contribution in [3.8, 4) is 0 Å². The van der Waals surface area contributed by atoms with Crippen molar-refractivity contribution >= 4 is 0 Å². The maximum atomic E-state index is 8.63. The summed E-state index contributed by atoms with van der Waals surface area (Å²) in [7, 11) is 0. The average molecular weight is 182 g/mol. The van der Waals surface area contributed by atoms with Crippen LogP contribution in [0.4, 0.5) is 0 Å². The Balaban J connectivity index is 3.36. The number of hydrogen-bond acceptors (Lipinski definition) is 1. The standard InChI is InChI=1S/C12H22O/c1-11(2)7-4-5-8-12(3)9-6-10-13/h4,7,12-13H,1,5-6,8-10H2,2-3H3. The molecule has 0 aromatic rings. The van der Waals surface area contributed by atoms with E-state index in [-0.39, 0.29) is 0 Å². The molecule has 0 aromatic heterocycles. The molecule has 1 nitrogen and oxygen atoms in total. The van der Waals surface area contributed by atoms with Crippen molar-refractivity contribution in [3.63, 3.8) is 0 Å². The number of aliphatic hydroxyl groups excluding tert-OH is 1. The van der Waals surface area contributed by atoms with Crippen LogP contribution in [0.2, 0.25) is 0 Å². The molecule has 0 aliphatic rings. The highest BCUT2D eigenvalue weighted by Crippen LogP contribution is 2.12. The summed E-state index contributed by atoms with van der Waals surface area (Å²) in [6.45, 7) is 8.37. The highest BCUT2D eigenvalue weighted by Gasteiger charge is 1.99. The van der Waals surface area contributed by atoms with Crippen molar-refractivity contribution in [2.75, 3.05) is 6.61 Å². The minimum Gasteiger partial charge on any atom is -0.396 e. The first-order valence-corrected chi connectivity index (χ1v) is 5.09. The van der Waals surface area contributed by atoms with Gasteiger partial charge in [-0.2, -0.15) is 0 Å². The van der Waals surface area contributed by atoms with E-state index in [1.807, 2.05) is 6.92 Å². The molecule has 0 saturated carbocycles. The van der Waals surface area contributed by atoms with Crippen molar-refractivity contribution in [1.29, 1.82) is 0 Å². The molecule has 0 heterocycles. The fraction of sp³-hybridized carbons (Fsp3) is 0.667. The van der Waals surface area contributed by atoms with Gasteiger partial charge in [0.1, 0.15) is 0 Å². The molecule has 0 fully saturated rings. The van der Waals surface area contributed by atoms with E-state index in [4.69, 9.17) is 5.11 Å². The molecule has 1 unspecified atom stereocenters. The average Bonchev–Trinajstić information content (AvgIpc) is 2.08. The molecule has 13 heavy (non-hydrogen) atoms. The van der Waals surface area contributed by atoms with Crippen molar-refractivity contribution in [2.24, 2.45) is 5.92 Å². The summed E-state index contributed by atoms with van der Waals surface area (Å²) >= 11 is 0. The number of aliphatic hydroxyl groups is 1. The lowest BCUT2D eigenvalue weighted by Crippen LogP contribution is -1.95. The molecule has 1 atom stereocenters. The van der Waals surface area contributed by atoms with Gasteiger partial charge in [-0.3, -0.25) is 0 Å². The number of allylic oxidation sites excluding steroid dienone is 3. The summed E-state index contributed by atoms with van der Waals surface area (Å²) in [5.41, 5.74) is 1.11. The lowest BCUT2D eigenvalue weighted by Gasteiger charge is -2.07. The van der Waals surface area contributed by atoms with Crippen LogP contribution in [-0.4, -0.2) is 11.7 Å². The van der Waals surface area contributed by atoms with Crippen LogP contribution in [0.15, 0.2) is 24.3 Å². The third-order valence-corrected chi connectivity index (χ3v) is 2.08. The first-order valence-electron chi connectivity index (χ1n) is 5.09. The van der Waals surface area contributed by atoms with Gasteiger partial charge in [-0.25, -0.2) is 0 Å². The maximum absolute atomic E-state index is 8.63. The first kappa shape index (κ1) is 12.4. The van der Waals surface area contributed by atoms with Crippen LogP contribution in [0.1, 0.15) is 39.5 Å². The minimum atomic E-state index is 0.325. The lowest BCUT2D eigenvalue weighted by atomic mass is 10.00. The summed E-state index contributed by atoms with van der Waals surface area (Å²) in [6.07, 6.45) is 8.66. The molecule has 76 valence electrons. The van der Waals surface area contributed by atoms with Gasteiger partial charge in [0.15, 0.2) is 0 Å². The van der Waals surface area contributed by atoms with E-state index in [1.54, 1.807) is 0 Å². The Morgan fingerprint density at radius 2 is 2.15 bits per heavy atom. The summed E-state index contributed by atoms with van der Waals surface area (Å²) < 4.78 is 0. The molecular formula is C12H22O. The second kappa shape index (κ2) is 8.06. The predicted octanol–water partition coefficient (Wildman–Crippen LogP) is 3.31. The molecule has 0 amide bonds. The second-order valence-electron chi connectivity index (χ2n) is 3.80. The van der Waals surface area contributed by atoms with E-state index < -0.39 is 0 Å². The molecule has 0 bridgehead atoms. The first-order chi connectivity index (χ1) is 6.16. The molecule has 0 aliphatic heterocycles. The van der Waals surface area contributed by atoms with Crippen molar-refractivity contribution in [1.82, 2.24) is 0 Å². The van der Waals surface area contributed by atoms with E-state index >= 15 is 0 Å². The quantitative estimate of drug-likeness (QED) is 0.599. The molecule has 0 spiro atoms. The Labute approximate surface area is 82.2 Å². The minimum absolute atomic E-state index is 0.325. The molecule has 0 aromatic carbocycles. The Bertz CT molecular complexity index is 159. The highest BCUT2D eigenvalue weighted by molar-refractivity contribution is 5.10. The summed E-state index contributed by atoms with van der Waals surface area (Å²) in [5.74, 6) is 0.724. The van der Waals surface area contributed by atoms with Gasteiger partial charge in [-0.1, -0.05) is 31.2 Å². The van der Waals surface area contributed by atoms with Crippen molar-refractivity contribution < 1.29 is 5.11 Å². The van der Waals surface area contributed by atoms with Crippen LogP contribution in [0.25, 0.3) is 0 Å². The summed E-state index contributed by atoms with van der Waals surface area (Å²) in [4.78, 5) is 0. The van der Waals surface area contributed by atoms with Crippen LogP contribution in [-0.2, 0) is 0 Å². The third-order valence-electron chi connectivity index (χ3n) is 2.08. The Morgan fingerprint density at radius 3 is 2.69 bits per heavy atom. The van der Waals surface area contributed by atoms with Gasteiger partial charge in [0.25, 0.3) is 0 Å². The summed E-state index contributed by atoms with van der Waals surface area (Å²) in [5, 5.41) is 8.63. The van der Waals surface area contributed by atoms with Gasteiger partial charge < -0.3 is 5.11 Å². The van der Waals surface area contributed by atoms with Crippen LogP contribution >= 0.6 is 0 Å². The normalized spacial score (nSPS) is 13.5. The van der Waals surface area contributed by atoms with Crippen LogP contribution in [0.3, 0.4) is 0 Å². The van der Waals surface area contributed by atoms with Gasteiger partial charge in [-0.15, -0.1) is 0 Å². The van der Waals surface area contributed by atoms with Gasteiger partial charge in [0.2, 0.25) is 0 Å². The number of rotatable bonds is 7. The largest absolute Gasteiger partial charge is 0.396 e.